The molecule has 0 saturated heterocycles. The van der Waals surface area contributed by atoms with Crippen molar-refractivity contribution in [2.45, 2.75) is 6.92 Å². The van der Waals surface area contributed by atoms with Crippen LogP contribution in [0.5, 0.6) is 0 Å². The lowest BCUT2D eigenvalue weighted by atomic mass is 10.9. The molecule has 3 nitrogen and oxygen atoms in total. The van der Waals surface area contributed by atoms with Crippen molar-refractivity contribution in [2.75, 3.05) is 7.05 Å². The molecule has 0 bridgehead atoms. The van der Waals surface area contributed by atoms with Gasteiger partial charge >= 0.3 is 0 Å². The number of hydrogen-bond acceptors (Lipinski definition) is 2. The van der Waals surface area contributed by atoms with Crippen LogP contribution in [0, 0.1) is 0 Å². The Bertz CT molecular complexity index is 75.0. The van der Waals surface area contributed by atoms with Crippen LogP contribution < -0.4 is 5.32 Å². The van der Waals surface area contributed by atoms with Crippen molar-refractivity contribution in [1.82, 2.24) is 5.32 Å². The summed E-state index contributed by atoms with van der Waals surface area (Å²) in [6.45, 7) is 1.81. The van der Waals surface area contributed by atoms with Gasteiger partial charge in [-0.05, 0) is 6.92 Å². The highest BCUT2D eigenvalue weighted by atomic mass is 15.2. The maximum Gasteiger partial charge on any atom is 0.111 e. The van der Waals surface area contributed by atoms with Crippen molar-refractivity contribution in [3.05, 3.63) is 0 Å². The van der Waals surface area contributed by atoms with Crippen LogP contribution >= 0.6 is 0 Å². The molecule has 0 rings (SSSR count). The second-order valence-electron chi connectivity index (χ2n) is 0.907. The zero-order valence-electron chi connectivity index (χ0n) is 4.55. The summed E-state index contributed by atoms with van der Waals surface area (Å²) in [5.74, 6) is 0. The smallest absolute Gasteiger partial charge is 0.111 e. The predicted octanol–water partition coefficient (Wildman–Crippen LogP) is 0.240. The molecule has 40 valence electrons. The van der Waals surface area contributed by atoms with Crippen molar-refractivity contribution >= 4 is 12.6 Å². The van der Waals surface area contributed by atoms with Gasteiger partial charge in [0.2, 0.25) is 0 Å². The normalized spacial score (nSPS) is 11.1. The van der Waals surface area contributed by atoms with Crippen molar-refractivity contribution < 1.29 is 0 Å². The van der Waals surface area contributed by atoms with E-state index in [9.17, 15) is 0 Å². The van der Waals surface area contributed by atoms with Crippen LogP contribution in [0.4, 0.5) is 0 Å². The quantitative estimate of drug-likeness (QED) is 0.300. The fourth-order valence-corrected chi connectivity index (χ4v) is 0.158. The molecule has 1 N–H and O–H groups in total. The molecule has 0 fully saturated rings. The monoisotopic (exact) mass is 99.1 g/mol. The summed E-state index contributed by atoms with van der Waals surface area (Å²) in [6.07, 6.45) is 3.13. The molecule has 0 aliphatic rings. The van der Waals surface area contributed by atoms with Crippen molar-refractivity contribution in [2.24, 2.45) is 10.2 Å². The molecule has 0 saturated carbocycles. The highest BCUT2D eigenvalue weighted by molar-refractivity contribution is 5.57. The van der Waals surface area contributed by atoms with E-state index in [1.165, 1.54) is 6.34 Å². The summed E-state index contributed by atoms with van der Waals surface area (Å²) >= 11 is 0. The van der Waals surface area contributed by atoms with E-state index in [1.807, 2.05) is 6.92 Å². The van der Waals surface area contributed by atoms with Gasteiger partial charge in [0.15, 0.2) is 0 Å². The molecule has 0 aromatic rings. The lowest BCUT2D eigenvalue weighted by Crippen LogP contribution is -1.99. The van der Waals surface area contributed by atoms with Crippen LogP contribution in [0.15, 0.2) is 10.2 Å². The van der Waals surface area contributed by atoms with Crippen LogP contribution in [0.2, 0.25) is 0 Å². The Labute approximate surface area is 43.1 Å². The van der Waals surface area contributed by atoms with Gasteiger partial charge in [-0.1, -0.05) is 0 Å². The lowest BCUT2D eigenvalue weighted by Gasteiger charge is -1.76. The number of hydrogen-bond donors (Lipinski definition) is 1. The van der Waals surface area contributed by atoms with E-state index in [2.05, 4.69) is 15.5 Å². The van der Waals surface area contributed by atoms with Gasteiger partial charge in [0.1, 0.15) is 6.34 Å². The number of rotatable bonds is 2. The average Bonchev–Trinajstić information content (AvgIpc) is 1.69. The molecule has 0 amide bonds. The minimum Gasteiger partial charge on any atom is -0.378 e. The van der Waals surface area contributed by atoms with Gasteiger partial charge in [-0.15, -0.1) is 5.10 Å². The van der Waals surface area contributed by atoms with Crippen LogP contribution in [0.3, 0.4) is 0 Å². The molecule has 0 radical (unpaired) electrons. The molecule has 3 heteroatoms. The predicted molar refractivity (Wildman–Crippen MR) is 31.7 cm³/mol. The van der Waals surface area contributed by atoms with E-state index >= 15 is 0 Å². The van der Waals surface area contributed by atoms with Crippen LogP contribution in [-0.2, 0) is 0 Å². The molecule has 0 aliphatic carbocycles. The first-order chi connectivity index (χ1) is 3.41. The van der Waals surface area contributed by atoms with Gasteiger partial charge in [-0.2, -0.15) is 5.10 Å². The average molecular weight is 99.1 g/mol. The van der Waals surface area contributed by atoms with Gasteiger partial charge in [0.25, 0.3) is 0 Å². The lowest BCUT2D eigenvalue weighted by molar-refractivity contribution is 1.15. The second kappa shape index (κ2) is 5.14. The molecule has 0 aliphatic heterocycles. The van der Waals surface area contributed by atoms with E-state index in [0.29, 0.717) is 0 Å². The second-order valence-corrected chi connectivity index (χ2v) is 0.907. The Balaban J connectivity index is 3.09. The Hall–Kier alpha value is -0.860. The molecule has 0 heterocycles. The summed E-state index contributed by atoms with van der Waals surface area (Å²) in [5.41, 5.74) is 0. The van der Waals surface area contributed by atoms with Crippen LogP contribution in [0.25, 0.3) is 0 Å². The number of nitrogens with one attached hydrogen (secondary N) is 1. The molecule has 0 atom stereocenters. The highest BCUT2D eigenvalue weighted by Crippen LogP contribution is 1.59. The highest BCUT2D eigenvalue weighted by Gasteiger charge is 1.54. The van der Waals surface area contributed by atoms with E-state index in [0.717, 1.165) is 0 Å². The third kappa shape index (κ3) is 5.14. The fourth-order valence-electron chi connectivity index (χ4n) is 0.158. The van der Waals surface area contributed by atoms with Gasteiger partial charge in [0.05, 0.1) is 0 Å². The fraction of sp³-hybridized carbons (Fsp3) is 0.500. The van der Waals surface area contributed by atoms with Gasteiger partial charge in [0, 0.05) is 13.3 Å². The minimum atomic E-state index is 1.51. The molecule has 0 aromatic carbocycles. The van der Waals surface area contributed by atoms with Crippen molar-refractivity contribution in [3.8, 4) is 0 Å². The van der Waals surface area contributed by atoms with Gasteiger partial charge in [-0.25, -0.2) is 0 Å². The third-order valence-electron chi connectivity index (χ3n) is 0.369. The summed E-state index contributed by atoms with van der Waals surface area (Å²) in [6, 6.07) is 0. The molecule has 0 aromatic heterocycles. The summed E-state index contributed by atoms with van der Waals surface area (Å²) in [4.78, 5) is 0. The third-order valence-corrected chi connectivity index (χ3v) is 0.369. The summed E-state index contributed by atoms with van der Waals surface area (Å²) in [5, 5.41) is 9.78. The molecule has 7 heavy (non-hydrogen) atoms. The van der Waals surface area contributed by atoms with E-state index < -0.39 is 0 Å². The van der Waals surface area contributed by atoms with Crippen LogP contribution in [0.1, 0.15) is 6.92 Å². The molecular formula is C4H9N3. The standard InChI is InChI=1S/C4H9N3/c1-3-6-7-4-5-2/h3-4H,1-2H3,(H,5,7)/b6-3+. The maximum absolute atomic E-state index is 3.54. The first-order valence-corrected chi connectivity index (χ1v) is 2.08. The molecule has 0 unspecified atom stereocenters. The Morgan fingerprint density at radius 1 is 1.43 bits per heavy atom. The Morgan fingerprint density at radius 2 is 2.14 bits per heavy atom. The first kappa shape index (κ1) is 6.14. The Morgan fingerprint density at radius 3 is 2.57 bits per heavy atom. The first-order valence-electron chi connectivity index (χ1n) is 2.08. The van der Waals surface area contributed by atoms with E-state index in [-0.39, 0.29) is 0 Å². The van der Waals surface area contributed by atoms with Crippen molar-refractivity contribution in [1.29, 1.82) is 0 Å². The topological polar surface area (TPSA) is 36.8 Å². The zero-order chi connectivity index (χ0) is 5.54. The van der Waals surface area contributed by atoms with Crippen molar-refractivity contribution in [3.63, 3.8) is 0 Å². The van der Waals surface area contributed by atoms with E-state index in [4.69, 9.17) is 0 Å². The van der Waals surface area contributed by atoms with Gasteiger partial charge in [-0.3, -0.25) is 0 Å². The largest absolute Gasteiger partial charge is 0.378 e. The van der Waals surface area contributed by atoms with Gasteiger partial charge < -0.3 is 5.32 Å². The SMILES string of the molecule is C/C=N/N=C\NC. The van der Waals surface area contributed by atoms with E-state index in [1.54, 1.807) is 13.3 Å². The molecular weight excluding hydrogens is 90.1 g/mol. The minimum absolute atomic E-state index is 1.51. The van der Waals surface area contributed by atoms with Crippen LogP contribution in [-0.4, -0.2) is 19.6 Å². The number of nitrogens with zero attached hydrogens (tertiary/aromatic N) is 2. The zero-order valence-corrected chi connectivity index (χ0v) is 4.55. The summed E-state index contributed by atoms with van der Waals surface area (Å²) < 4.78 is 0. The summed E-state index contributed by atoms with van der Waals surface area (Å²) in [7, 11) is 1.77. The molecule has 0 spiro atoms. The maximum atomic E-state index is 3.54. The Kier molecular flexibility index (Phi) is 4.51.